The van der Waals surface area contributed by atoms with Crippen LogP contribution in [0.15, 0.2) is 53.5 Å². The molecule has 1 aliphatic rings. The van der Waals surface area contributed by atoms with Crippen molar-refractivity contribution in [3.8, 4) is 11.1 Å². The Morgan fingerprint density at radius 3 is 2.71 bits per heavy atom. The summed E-state index contributed by atoms with van der Waals surface area (Å²) in [5, 5.41) is 2.51. The molecule has 0 bridgehead atoms. The van der Waals surface area contributed by atoms with E-state index >= 15 is 0 Å². The molecule has 2 aromatic rings. The Bertz CT molecular complexity index is 719. The molecule has 1 aliphatic carbocycles. The number of hydrogen-bond acceptors (Lipinski definition) is 3. The molecule has 0 aliphatic heterocycles. The quantitative estimate of drug-likeness (QED) is 0.524. The standard InChI is InChI=1S/C21H23NOS/c1-16-4-2-5-19(12-16)18-10-8-17(9-11-18)14-23-21-7-3-6-20(13-21)22-15-24/h2,4-5,8-12,20-21H,3,6-7,13-14H2,1H3. The molecule has 2 nitrogen and oxygen atoms in total. The first kappa shape index (κ1) is 17.0. The van der Waals surface area contributed by atoms with Crippen LogP contribution in [0.3, 0.4) is 0 Å². The maximum Gasteiger partial charge on any atom is 0.0720 e. The fraction of sp³-hybridized carbons (Fsp3) is 0.381. The highest BCUT2D eigenvalue weighted by molar-refractivity contribution is 7.78. The van der Waals surface area contributed by atoms with Gasteiger partial charge in [0.25, 0.3) is 0 Å². The first-order valence-electron chi connectivity index (χ1n) is 8.59. The van der Waals surface area contributed by atoms with Gasteiger partial charge in [-0.25, -0.2) is 4.99 Å². The molecule has 0 amide bonds. The van der Waals surface area contributed by atoms with Crippen LogP contribution in [0.2, 0.25) is 0 Å². The number of hydrogen-bond donors (Lipinski definition) is 0. The number of ether oxygens (including phenoxy) is 1. The highest BCUT2D eigenvalue weighted by Gasteiger charge is 2.21. The SMILES string of the molecule is Cc1cccc(-c2ccc(COC3CCCC(N=C=S)C3)cc2)c1. The van der Waals surface area contributed by atoms with Crippen molar-refractivity contribution in [3.05, 3.63) is 59.7 Å². The lowest BCUT2D eigenvalue weighted by Gasteiger charge is -2.26. The molecule has 0 aromatic heterocycles. The van der Waals surface area contributed by atoms with Crippen LogP contribution in [0.1, 0.15) is 36.8 Å². The number of isothiocyanates is 1. The predicted octanol–water partition coefficient (Wildman–Crippen LogP) is 5.59. The maximum atomic E-state index is 6.09. The minimum Gasteiger partial charge on any atom is -0.373 e. The molecule has 2 unspecified atom stereocenters. The normalized spacial score (nSPS) is 20.4. The van der Waals surface area contributed by atoms with E-state index in [1.165, 1.54) is 22.3 Å². The van der Waals surface area contributed by atoms with E-state index < -0.39 is 0 Å². The van der Waals surface area contributed by atoms with E-state index in [4.69, 9.17) is 17.0 Å². The van der Waals surface area contributed by atoms with Crippen LogP contribution in [0.25, 0.3) is 11.1 Å². The molecule has 0 saturated heterocycles. The molecule has 0 spiro atoms. The molecule has 2 aromatic carbocycles. The fourth-order valence-corrected chi connectivity index (χ4v) is 3.44. The highest BCUT2D eigenvalue weighted by atomic mass is 32.1. The molecule has 3 heteroatoms. The number of benzene rings is 2. The van der Waals surface area contributed by atoms with Crippen molar-refractivity contribution < 1.29 is 4.74 Å². The third kappa shape index (κ3) is 4.61. The maximum absolute atomic E-state index is 6.09. The predicted molar refractivity (Wildman–Crippen MR) is 102 cm³/mol. The van der Waals surface area contributed by atoms with Crippen molar-refractivity contribution in [2.24, 2.45) is 4.99 Å². The van der Waals surface area contributed by atoms with E-state index in [1.807, 2.05) is 0 Å². The van der Waals surface area contributed by atoms with Gasteiger partial charge < -0.3 is 4.74 Å². The van der Waals surface area contributed by atoms with Gasteiger partial charge in [0, 0.05) is 0 Å². The lowest BCUT2D eigenvalue weighted by Crippen LogP contribution is -2.24. The summed E-state index contributed by atoms with van der Waals surface area (Å²) in [7, 11) is 0. The molecule has 0 N–H and O–H groups in total. The summed E-state index contributed by atoms with van der Waals surface area (Å²) in [6.07, 6.45) is 4.62. The van der Waals surface area contributed by atoms with E-state index in [2.05, 4.69) is 65.6 Å². The topological polar surface area (TPSA) is 21.6 Å². The van der Waals surface area contributed by atoms with Gasteiger partial charge in [-0.15, -0.1) is 0 Å². The number of aryl methyl sites for hydroxylation is 1. The summed E-state index contributed by atoms with van der Waals surface area (Å²) >= 11 is 4.72. The first-order valence-corrected chi connectivity index (χ1v) is 9.00. The fourth-order valence-electron chi connectivity index (χ4n) is 3.30. The zero-order valence-electron chi connectivity index (χ0n) is 14.1. The second-order valence-electron chi connectivity index (χ2n) is 6.54. The van der Waals surface area contributed by atoms with Crippen molar-refractivity contribution in [1.29, 1.82) is 0 Å². The Morgan fingerprint density at radius 1 is 1.12 bits per heavy atom. The van der Waals surface area contributed by atoms with Gasteiger partial charge in [0.1, 0.15) is 0 Å². The molecule has 2 atom stereocenters. The summed E-state index contributed by atoms with van der Waals surface area (Å²) < 4.78 is 6.09. The Hall–Kier alpha value is -1.80. The molecule has 3 rings (SSSR count). The average Bonchev–Trinajstić information content (AvgIpc) is 2.61. The van der Waals surface area contributed by atoms with Crippen molar-refractivity contribution in [2.45, 2.75) is 51.4 Å². The number of aliphatic imine (C=N–C) groups is 1. The molecule has 24 heavy (non-hydrogen) atoms. The Balaban J connectivity index is 1.57. The van der Waals surface area contributed by atoms with Crippen LogP contribution in [-0.4, -0.2) is 17.3 Å². The zero-order valence-corrected chi connectivity index (χ0v) is 14.9. The van der Waals surface area contributed by atoms with Crippen molar-refractivity contribution in [3.63, 3.8) is 0 Å². The third-order valence-corrected chi connectivity index (χ3v) is 4.73. The third-order valence-electron chi connectivity index (χ3n) is 4.62. The first-order chi connectivity index (χ1) is 11.7. The van der Waals surface area contributed by atoms with E-state index in [0.717, 1.165) is 25.7 Å². The summed E-state index contributed by atoms with van der Waals surface area (Å²) in [4.78, 5) is 4.23. The summed E-state index contributed by atoms with van der Waals surface area (Å²) in [6.45, 7) is 2.78. The van der Waals surface area contributed by atoms with Gasteiger partial charge in [0.2, 0.25) is 0 Å². The summed E-state index contributed by atoms with van der Waals surface area (Å²) in [6, 6.07) is 17.6. The Labute approximate surface area is 149 Å². The smallest absolute Gasteiger partial charge is 0.0720 e. The van der Waals surface area contributed by atoms with E-state index in [0.29, 0.717) is 12.6 Å². The van der Waals surface area contributed by atoms with Gasteiger partial charge in [0.05, 0.1) is 23.9 Å². The van der Waals surface area contributed by atoms with Crippen LogP contribution in [0.4, 0.5) is 0 Å². The van der Waals surface area contributed by atoms with Crippen LogP contribution in [0, 0.1) is 6.92 Å². The molecular weight excluding hydrogens is 314 g/mol. The second-order valence-corrected chi connectivity index (χ2v) is 6.72. The van der Waals surface area contributed by atoms with Crippen molar-refractivity contribution in [2.75, 3.05) is 0 Å². The van der Waals surface area contributed by atoms with Crippen molar-refractivity contribution >= 4 is 17.4 Å². The van der Waals surface area contributed by atoms with E-state index in [1.54, 1.807) is 0 Å². The van der Waals surface area contributed by atoms with Crippen LogP contribution >= 0.6 is 12.2 Å². The molecule has 1 saturated carbocycles. The Kier molecular flexibility index (Phi) is 5.92. The Morgan fingerprint density at radius 2 is 1.96 bits per heavy atom. The molecule has 124 valence electrons. The van der Waals surface area contributed by atoms with E-state index in [9.17, 15) is 0 Å². The molecule has 0 heterocycles. The molecule has 0 radical (unpaired) electrons. The van der Waals surface area contributed by atoms with Crippen molar-refractivity contribution in [1.82, 2.24) is 0 Å². The van der Waals surface area contributed by atoms with Gasteiger partial charge in [-0.05, 0) is 61.5 Å². The lowest BCUT2D eigenvalue weighted by molar-refractivity contribution is 0.0125. The largest absolute Gasteiger partial charge is 0.373 e. The zero-order chi connectivity index (χ0) is 16.8. The summed E-state index contributed by atoms with van der Waals surface area (Å²) in [5.41, 5.74) is 5.00. The number of thiocarbonyl (C=S) groups is 1. The summed E-state index contributed by atoms with van der Waals surface area (Å²) in [5.74, 6) is 0. The average molecular weight is 337 g/mol. The highest BCUT2D eigenvalue weighted by Crippen LogP contribution is 2.25. The van der Waals surface area contributed by atoms with Crippen LogP contribution in [0.5, 0.6) is 0 Å². The van der Waals surface area contributed by atoms with Gasteiger partial charge >= 0.3 is 0 Å². The number of rotatable bonds is 5. The van der Waals surface area contributed by atoms with E-state index in [-0.39, 0.29) is 6.10 Å². The van der Waals surface area contributed by atoms with Gasteiger partial charge in [-0.2, -0.15) is 0 Å². The van der Waals surface area contributed by atoms with Gasteiger partial charge in [0.15, 0.2) is 0 Å². The van der Waals surface area contributed by atoms with Crippen LogP contribution < -0.4 is 0 Å². The second kappa shape index (κ2) is 8.34. The minimum atomic E-state index is 0.285. The lowest BCUT2D eigenvalue weighted by atomic mass is 9.93. The number of nitrogens with zero attached hydrogens (tertiary/aromatic N) is 1. The van der Waals surface area contributed by atoms with Crippen LogP contribution in [-0.2, 0) is 11.3 Å². The monoisotopic (exact) mass is 337 g/mol. The van der Waals surface area contributed by atoms with Gasteiger partial charge in [-0.1, -0.05) is 54.1 Å². The van der Waals surface area contributed by atoms with Gasteiger partial charge in [-0.3, -0.25) is 0 Å². The molecular formula is C21H23NOS. The molecule has 1 fully saturated rings. The minimum absolute atomic E-state index is 0.285.